The van der Waals surface area contributed by atoms with Crippen LogP contribution in [0.5, 0.6) is 5.75 Å². The number of allylic oxidation sites excluding steroid dienone is 3. The molecule has 0 amide bonds. The second kappa shape index (κ2) is 7.63. The summed E-state index contributed by atoms with van der Waals surface area (Å²) in [4.78, 5) is 17.6. The minimum absolute atomic E-state index is 0.147. The van der Waals surface area contributed by atoms with Gasteiger partial charge in [0.2, 0.25) is 5.95 Å². The SMILES string of the molecule is COc1ccc([C@H]2C3=C(C[C@@H](/C=C/c4ccccc4)CC3=O)Nc3ncnn32)cc1. The molecule has 1 aromatic heterocycles. The molecule has 1 aliphatic carbocycles. The number of hydrogen-bond acceptors (Lipinski definition) is 5. The molecule has 1 aliphatic heterocycles. The van der Waals surface area contributed by atoms with Crippen LogP contribution in [0.4, 0.5) is 5.95 Å². The number of benzene rings is 2. The Morgan fingerprint density at radius 3 is 2.67 bits per heavy atom. The Morgan fingerprint density at radius 2 is 1.90 bits per heavy atom. The van der Waals surface area contributed by atoms with Gasteiger partial charge in [-0.25, -0.2) is 4.68 Å². The summed E-state index contributed by atoms with van der Waals surface area (Å²) in [6.45, 7) is 0. The number of methoxy groups -OCH3 is 1. The number of ether oxygens (including phenoxy) is 1. The Labute approximate surface area is 174 Å². The predicted molar refractivity (Wildman–Crippen MR) is 115 cm³/mol. The second-order valence-electron chi connectivity index (χ2n) is 7.58. The summed E-state index contributed by atoms with van der Waals surface area (Å²) in [6.07, 6.45) is 7.01. The van der Waals surface area contributed by atoms with E-state index >= 15 is 0 Å². The Balaban J connectivity index is 1.49. The van der Waals surface area contributed by atoms with Gasteiger partial charge in [-0.15, -0.1) is 0 Å². The monoisotopic (exact) mass is 398 g/mol. The number of aromatic nitrogens is 3. The summed E-state index contributed by atoms with van der Waals surface area (Å²) >= 11 is 0. The number of hydrogen-bond donors (Lipinski definition) is 1. The van der Waals surface area contributed by atoms with Crippen molar-refractivity contribution in [3.63, 3.8) is 0 Å². The molecule has 2 aromatic carbocycles. The van der Waals surface area contributed by atoms with Crippen LogP contribution in [-0.2, 0) is 4.79 Å². The molecule has 6 heteroatoms. The van der Waals surface area contributed by atoms with E-state index in [0.717, 1.165) is 34.6 Å². The fourth-order valence-electron chi connectivity index (χ4n) is 4.22. The van der Waals surface area contributed by atoms with Gasteiger partial charge in [-0.3, -0.25) is 4.79 Å². The maximum atomic E-state index is 13.3. The molecule has 30 heavy (non-hydrogen) atoms. The van der Waals surface area contributed by atoms with Crippen LogP contribution in [0.15, 0.2) is 78.3 Å². The largest absolute Gasteiger partial charge is 0.497 e. The van der Waals surface area contributed by atoms with Crippen LogP contribution in [-0.4, -0.2) is 27.7 Å². The van der Waals surface area contributed by atoms with E-state index in [4.69, 9.17) is 4.74 Å². The smallest absolute Gasteiger partial charge is 0.226 e. The summed E-state index contributed by atoms with van der Waals surface area (Å²) in [7, 11) is 1.64. The van der Waals surface area contributed by atoms with Crippen LogP contribution in [0.25, 0.3) is 6.08 Å². The number of ketones is 1. The van der Waals surface area contributed by atoms with Crippen molar-refractivity contribution in [3.05, 3.63) is 89.4 Å². The molecule has 0 unspecified atom stereocenters. The molecule has 2 atom stereocenters. The molecule has 150 valence electrons. The number of rotatable bonds is 4. The minimum Gasteiger partial charge on any atom is -0.497 e. The number of carbonyl (C=O) groups is 1. The Kier molecular flexibility index (Phi) is 4.67. The van der Waals surface area contributed by atoms with Gasteiger partial charge in [0.25, 0.3) is 0 Å². The average molecular weight is 398 g/mol. The van der Waals surface area contributed by atoms with E-state index < -0.39 is 0 Å². The third-order valence-electron chi connectivity index (χ3n) is 5.69. The van der Waals surface area contributed by atoms with Crippen LogP contribution in [0.1, 0.15) is 30.0 Å². The normalized spacial score (nSPS) is 20.6. The molecule has 0 saturated carbocycles. The third-order valence-corrected chi connectivity index (χ3v) is 5.69. The topological polar surface area (TPSA) is 69.0 Å². The molecule has 5 rings (SSSR count). The Bertz CT molecular complexity index is 1130. The molecule has 0 fully saturated rings. The first-order valence-corrected chi connectivity index (χ1v) is 10.0. The summed E-state index contributed by atoms with van der Waals surface area (Å²) < 4.78 is 7.07. The molecule has 1 N–H and O–H groups in total. The van der Waals surface area contributed by atoms with Crippen molar-refractivity contribution in [2.45, 2.75) is 18.9 Å². The van der Waals surface area contributed by atoms with E-state index in [9.17, 15) is 4.79 Å². The van der Waals surface area contributed by atoms with Gasteiger partial charge in [0.1, 0.15) is 18.1 Å². The number of Topliss-reactive ketones (excluding diaryl/α,β-unsaturated/α-hetero) is 1. The van der Waals surface area contributed by atoms with Crippen LogP contribution in [0, 0.1) is 5.92 Å². The maximum absolute atomic E-state index is 13.3. The van der Waals surface area contributed by atoms with Gasteiger partial charge in [0.15, 0.2) is 5.78 Å². The van der Waals surface area contributed by atoms with Crippen LogP contribution in [0.3, 0.4) is 0 Å². The highest BCUT2D eigenvalue weighted by molar-refractivity contribution is 5.99. The first-order valence-electron chi connectivity index (χ1n) is 10.0. The van der Waals surface area contributed by atoms with Gasteiger partial charge in [0.05, 0.1) is 7.11 Å². The summed E-state index contributed by atoms with van der Waals surface area (Å²) in [5.74, 6) is 1.74. The third kappa shape index (κ3) is 3.30. The molecule has 0 bridgehead atoms. The lowest BCUT2D eigenvalue weighted by Crippen LogP contribution is -2.33. The van der Waals surface area contributed by atoms with Crippen molar-refractivity contribution in [1.29, 1.82) is 0 Å². The molecule has 2 heterocycles. The van der Waals surface area contributed by atoms with E-state index in [2.05, 4.69) is 39.7 Å². The van der Waals surface area contributed by atoms with Crippen molar-refractivity contribution >= 4 is 17.8 Å². The van der Waals surface area contributed by atoms with Crippen LogP contribution in [0.2, 0.25) is 0 Å². The summed E-state index contributed by atoms with van der Waals surface area (Å²) in [6, 6.07) is 17.7. The minimum atomic E-state index is -0.281. The van der Waals surface area contributed by atoms with E-state index in [1.165, 1.54) is 6.33 Å². The molecule has 0 spiro atoms. The molecule has 3 aromatic rings. The zero-order valence-corrected chi connectivity index (χ0v) is 16.7. The first kappa shape index (κ1) is 18.4. The lowest BCUT2D eigenvalue weighted by atomic mass is 9.80. The fraction of sp³-hybridized carbons (Fsp3) is 0.208. The lowest BCUT2D eigenvalue weighted by molar-refractivity contribution is -0.117. The van der Waals surface area contributed by atoms with Crippen molar-refractivity contribution in [1.82, 2.24) is 14.8 Å². The number of nitrogens with one attached hydrogen (secondary N) is 1. The highest BCUT2D eigenvalue weighted by Crippen LogP contribution is 2.41. The highest BCUT2D eigenvalue weighted by atomic mass is 16.5. The lowest BCUT2D eigenvalue weighted by Gasteiger charge is -2.34. The van der Waals surface area contributed by atoms with Gasteiger partial charge < -0.3 is 10.1 Å². The van der Waals surface area contributed by atoms with Crippen LogP contribution >= 0.6 is 0 Å². The van der Waals surface area contributed by atoms with Gasteiger partial charge in [-0.2, -0.15) is 10.1 Å². The van der Waals surface area contributed by atoms with E-state index in [1.807, 2.05) is 42.5 Å². The quantitative estimate of drug-likeness (QED) is 0.712. The van der Waals surface area contributed by atoms with Crippen LogP contribution < -0.4 is 10.1 Å². The fourth-order valence-corrected chi connectivity index (χ4v) is 4.22. The van der Waals surface area contributed by atoms with E-state index in [1.54, 1.807) is 11.8 Å². The molecule has 6 nitrogen and oxygen atoms in total. The summed E-state index contributed by atoms with van der Waals surface area (Å²) in [5, 5.41) is 7.74. The number of fused-ring (bicyclic) bond motifs is 1. The van der Waals surface area contributed by atoms with Gasteiger partial charge in [0, 0.05) is 17.7 Å². The summed E-state index contributed by atoms with van der Waals surface area (Å²) in [5.41, 5.74) is 3.85. The first-order chi connectivity index (χ1) is 14.7. The zero-order chi connectivity index (χ0) is 20.5. The molecule has 0 saturated heterocycles. The Morgan fingerprint density at radius 1 is 1.10 bits per heavy atom. The predicted octanol–water partition coefficient (Wildman–Crippen LogP) is 4.25. The average Bonchev–Trinajstić information content (AvgIpc) is 3.25. The number of nitrogens with zero attached hydrogens (tertiary/aromatic N) is 3. The maximum Gasteiger partial charge on any atom is 0.226 e. The van der Waals surface area contributed by atoms with Gasteiger partial charge >= 0.3 is 0 Å². The molecule has 2 aliphatic rings. The molecular weight excluding hydrogens is 376 g/mol. The molecular formula is C24H22N4O2. The molecule has 0 radical (unpaired) electrons. The Hall–Kier alpha value is -3.67. The van der Waals surface area contributed by atoms with Crippen molar-refractivity contribution in [2.75, 3.05) is 12.4 Å². The van der Waals surface area contributed by atoms with Crippen molar-refractivity contribution in [2.24, 2.45) is 5.92 Å². The number of carbonyl (C=O) groups excluding carboxylic acids is 1. The van der Waals surface area contributed by atoms with E-state index in [0.29, 0.717) is 12.4 Å². The highest BCUT2D eigenvalue weighted by Gasteiger charge is 2.38. The standard InChI is InChI=1S/C24H22N4O2/c1-30-19-11-9-18(10-12-19)23-22-20(27-24-25-15-26-28(23)24)13-17(14-21(22)29)8-7-16-5-3-2-4-6-16/h2-12,15,17,23H,13-14H2,1H3,(H,25,26,27)/b8-7+/t17-,23+/m1/s1. The second-order valence-corrected chi connectivity index (χ2v) is 7.58. The van der Waals surface area contributed by atoms with Gasteiger partial charge in [-0.05, 0) is 35.6 Å². The number of anilines is 1. The van der Waals surface area contributed by atoms with Crippen molar-refractivity contribution in [3.8, 4) is 5.75 Å². The van der Waals surface area contributed by atoms with Gasteiger partial charge in [-0.1, -0.05) is 54.6 Å². The van der Waals surface area contributed by atoms with Crippen molar-refractivity contribution < 1.29 is 9.53 Å². The zero-order valence-electron chi connectivity index (χ0n) is 16.7. The van der Waals surface area contributed by atoms with E-state index in [-0.39, 0.29) is 17.7 Å².